The van der Waals surface area contributed by atoms with Gasteiger partial charge in [0.05, 0.1) is 5.69 Å². The van der Waals surface area contributed by atoms with E-state index in [4.69, 9.17) is 0 Å². The van der Waals surface area contributed by atoms with Crippen LogP contribution < -0.4 is 4.90 Å². The van der Waals surface area contributed by atoms with Crippen molar-refractivity contribution in [3.8, 4) is 5.69 Å². The second kappa shape index (κ2) is 7.00. The number of amides is 1. The number of rotatable bonds is 3. The molecule has 0 unspecified atom stereocenters. The normalized spacial score (nSPS) is 14.5. The predicted molar refractivity (Wildman–Crippen MR) is 98.1 cm³/mol. The van der Waals surface area contributed by atoms with Crippen LogP contribution in [0, 0.1) is 5.82 Å². The van der Waals surface area contributed by atoms with Gasteiger partial charge in [-0.3, -0.25) is 4.79 Å². The predicted octanol–water partition coefficient (Wildman–Crippen LogP) is 2.97. The molecule has 26 heavy (non-hydrogen) atoms. The third kappa shape index (κ3) is 3.31. The molecule has 1 aromatic heterocycles. The van der Waals surface area contributed by atoms with Crippen LogP contribution in [0.15, 0.2) is 66.9 Å². The van der Waals surface area contributed by atoms with Gasteiger partial charge in [0.15, 0.2) is 5.69 Å². The number of piperazine rings is 1. The lowest BCUT2D eigenvalue weighted by molar-refractivity contribution is 0.0740. The molecule has 1 aliphatic heterocycles. The van der Waals surface area contributed by atoms with Gasteiger partial charge in [-0.2, -0.15) is 5.10 Å². The van der Waals surface area contributed by atoms with Gasteiger partial charge in [0.1, 0.15) is 5.82 Å². The molecule has 0 aliphatic carbocycles. The molecule has 1 fully saturated rings. The Kier molecular flexibility index (Phi) is 4.39. The Morgan fingerprint density at radius 3 is 2.23 bits per heavy atom. The van der Waals surface area contributed by atoms with E-state index >= 15 is 0 Å². The van der Waals surface area contributed by atoms with Crippen molar-refractivity contribution < 1.29 is 9.18 Å². The highest BCUT2D eigenvalue weighted by Crippen LogP contribution is 2.17. The van der Waals surface area contributed by atoms with E-state index < -0.39 is 0 Å². The lowest BCUT2D eigenvalue weighted by Crippen LogP contribution is -2.48. The summed E-state index contributed by atoms with van der Waals surface area (Å²) in [6.45, 7) is 2.93. The average molecular weight is 350 g/mol. The topological polar surface area (TPSA) is 41.4 Å². The van der Waals surface area contributed by atoms with Crippen molar-refractivity contribution in [3.63, 3.8) is 0 Å². The van der Waals surface area contributed by atoms with Gasteiger partial charge in [0.25, 0.3) is 5.91 Å². The van der Waals surface area contributed by atoms with Crippen molar-refractivity contribution in [2.45, 2.75) is 0 Å². The van der Waals surface area contributed by atoms with Gasteiger partial charge in [-0.05, 0) is 42.5 Å². The molecule has 2 heterocycles. The molecule has 4 rings (SSSR count). The minimum Gasteiger partial charge on any atom is -0.368 e. The first-order valence-electron chi connectivity index (χ1n) is 8.61. The molecule has 0 radical (unpaired) electrons. The Bertz CT molecular complexity index is 884. The monoisotopic (exact) mass is 350 g/mol. The number of carbonyl (C=O) groups is 1. The maximum atomic E-state index is 13.0. The van der Waals surface area contributed by atoms with Crippen LogP contribution in [-0.4, -0.2) is 46.8 Å². The smallest absolute Gasteiger partial charge is 0.274 e. The molecule has 3 aromatic rings. The quantitative estimate of drug-likeness (QED) is 0.729. The number of anilines is 1. The van der Waals surface area contributed by atoms with E-state index in [2.05, 4.69) is 22.1 Å². The standard InChI is InChI=1S/C20H19FN4O/c21-16-6-8-18(9-7-16)25-11-10-19(22-25)20(26)24-14-12-23(13-15-24)17-4-2-1-3-5-17/h1-11H,12-15H2. The molecule has 132 valence electrons. The molecular formula is C20H19FN4O. The van der Waals surface area contributed by atoms with Gasteiger partial charge in [-0.15, -0.1) is 0 Å². The van der Waals surface area contributed by atoms with Crippen molar-refractivity contribution in [2.24, 2.45) is 0 Å². The van der Waals surface area contributed by atoms with Crippen LogP contribution in [0.4, 0.5) is 10.1 Å². The molecule has 5 nitrogen and oxygen atoms in total. The third-order valence-electron chi connectivity index (χ3n) is 4.59. The van der Waals surface area contributed by atoms with Gasteiger partial charge >= 0.3 is 0 Å². The average Bonchev–Trinajstić information content (AvgIpc) is 3.19. The summed E-state index contributed by atoms with van der Waals surface area (Å²) in [6, 6.07) is 17.9. The van der Waals surface area contributed by atoms with E-state index in [1.54, 1.807) is 29.1 Å². The van der Waals surface area contributed by atoms with Crippen molar-refractivity contribution in [3.05, 3.63) is 78.4 Å². The summed E-state index contributed by atoms with van der Waals surface area (Å²) in [5.74, 6) is -0.368. The lowest BCUT2D eigenvalue weighted by Gasteiger charge is -2.35. The second-order valence-corrected chi connectivity index (χ2v) is 6.24. The zero-order chi connectivity index (χ0) is 17.9. The Labute approximate surface area is 151 Å². The summed E-state index contributed by atoms with van der Waals surface area (Å²) >= 11 is 0. The summed E-state index contributed by atoms with van der Waals surface area (Å²) in [6.07, 6.45) is 1.72. The summed E-state index contributed by atoms with van der Waals surface area (Å²) < 4.78 is 14.6. The highest BCUT2D eigenvalue weighted by atomic mass is 19.1. The molecular weight excluding hydrogens is 331 g/mol. The molecule has 0 atom stereocenters. The van der Waals surface area contributed by atoms with Crippen molar-refractivity contribution in [1.29, 1.82) is 0 Å². The van der Waals surface area contributed by atoms with Crippen molar-refractivity contribution in [2.75, 3.05) is 31.1 Å². The molecule has 1 saturated heterocycles. The van der Waals surface area contributed by atoms with Crippen LogP contribution in [0.2, 0.25) is 0 Å². The van der Waals surface area contributed by atoms with Crippen LogP contribution in [-0.2, 0) is 0 Å². The molecule has 6 heteroatoms. The van der Waals surface area contributed by atoms with Gasteiger partial charge in [0, 0.05) is 38.1 Å². The van der Waals surface area contributed by atoms with Gasteiger partial charge in [-0.1, -0.05) is 18.2 Å². The number of nitrogens with zero attached hydrogens (tertiary/aromatic N) is 4. The van der Waals surface area contributed by atoms with E-state index in [1.807, 2.05) is 23.1 Å². The lowest BCUT2D eigenvalue weighted by atomic mass is 10.2. The van der Waals surface area contributed by atoms with E-state index in [0.29, 0.717) is 18.8 Å². The molecule has 0 N–H and O–H groups in total. The zero-order valence-electron chi connectivity index (χ0n) is 14.3. The number of benzene rings is 2. The molecule has 0 bridgehead atoms. The van der Waals surface area contributed by atoms with Crippen LogP contribution in [0.25, 0.3) is 5.69 Å². The molecule has 1 amide bonds. The van der Waals surface area contributed by atoms with E-state index in [0.717, 1.165) is 18.8 Å². The van der Waals surface area contributed by atoms with E-state index in [9.17, 15) is 9.18 Å². The van der Waals surface area contributed by atoms with Gasteiger partial charge in [-0.25, -0.2) is 9.07 Å². The first kappa shape index (κ1) is 16.3. The first-order valence-corrected chi connectivity index (χ1v) is 8.61. The summed E-state index contributed by atoms with van der Waals surface area (Å²) in [4.78, 5) is 16.8. The fraction of sp³-hybridized carbons (Fsp3) is 0.200. The summed E-state index contributed by atoms with van der Waals surface area (Å²) in [5.41, 5.74) is 2.31. The van der Waals surface area contributed by atoms with Gasteiger partial charge < -0.3 is 9.80 Å². The third-order valence-corrected chi connectivity index (χ3v) is 4.59. The minimum absolute atomic E-state index is 0.0708. The molecule has 2 aromatic carbocycles. The fourth-order valence-corrected chi connectivity index (χ4v) is 3.14. The summed E-state index contributed by atoms with van der Waals surface area (Å²) in [7, 11) is 0. The van der Waals surface area contributed by atoms with Crippen LogP contribution >= 0.6 is 0 Å². The van der Waals surface area contributed by atoms with Crippen molar-refractivity contribution in [1.82, 2.24) is 14.7 Å². The Hall–Kier alpha value is -3.15. The number of aromatic nitrogens is 2. The first-order chi connectivity index (χ1) is 12.7. The molecule has 0 spiro atoms. The van der Waals surface area contributed by atoms with Crippen molar-refractivity contribution >= 4 is 11.6 Å². The maximum Gasteiger partial charge on any atom is 0.274 e. The molecule has 0 saturated carbocycles. The summed E-state index contributed by atoms with van der Waals surface area (Å²) in [5, 5.41) is 4.35. The van der Waals surface area contributed by atoms with E-state index in [1.165, 1.54) is 17.8 Å². The zero-order valence-corrected chi connectivity index (χ0v) is 14.3. The number of carbonyl (C=O) groups excluding carboxylic acids is 1. The number of hydrogen-bond donors (Lipinski definition) is 0. The Morgan fingerprint density at radius 1 is 0.846 bits per heavy atom. The number of halogens is 1. The number of para-hydroxylation sites is 1. The molecule has 1 aliphatic rings. The SMILES string of the molecule is O=C(c1ccn(-c2ccc(F)cc2)n1)N1CCN(c2ccccc2)CC1. The fourth-order valence-electron chi connectivity index (χ4n) is 3.14. The largest absolute Gasteiger partial charge is 0.368 e. The highest BCUT2D eigenvalue weighted by molar-refractivity contribution is 5.92. The maximum absolute atomic E-state index is 13.0. The van der Waals surface area contributed by atoms with Gasteiger partial charge in [0.2, 0.25) is 0 Å². The van der Waals surface area contributed by atoms with Crippen LogP contribution in [0.3, 0.4) is 0 Å². The minimum atomic E-state index is -0.298. The van der Waals surface area contributed by atoms with Crippen LogP contribution in [0.1, 0.15) is 10.5 Å². The Balaban J connectivity index is 1.42. The second-order valence-electron chi connectivity index (χ2n) is 6.24. The number of hydrogen-bond acceptors (Lipinski definition) is 3. The highest BCUT2D eigenvalue weighted by Gasteiger charge is 2.23. The van der Waals surface area contributed by atoms with Crippen LogP contribution in [0.5, 0.6) is 0 Å². The Morgan fingerprint density at radius 2 is 1.54 bits per heavy atom. The van der Waals surface area contributed by atoms with E-state index in [-0.39, 0.29) is 11.7 Å².